The first-order valence-corrected chi connectivity index (χ1v) is 11.8. The second kappa shape index (κ2) is 13.4. The maximum Gasteiger partial charge on any atom is 0.407 e. The number of ether oxygens (including phenoxy) is 6. The summed E-state index contributed by atoms with van der Waals surface area (Å²) in [5.41, 5.74) is -0.127. The van der Waals surface area contributed by atoms with Gasteiger partial charge < -0.3 is 33.7 Å². The lowest BCUT2D eigenvalue weighted by atomic mass is 9.95. The molecule has 2 heterocycles. The molecule has 2 aromatic rings. The van der Waals surface area contributed by atoms with Crippen LogP contribution in [-0.4, -0.2) is 71.6 Å². The van der Waals surface area contributed by atoms with Crippen molar-refractivity contribution in [3.63, 3.8) is 0 Å². The number of rotatable bonds is 9. The van der Waals surface area contributed by atoms with E-state index in [4.69, 9.17) is 28.4 Å². The Morgan fingerprint density at radius 3 is 2.21 bits per heavy atom. The number of nitrogens with zero attached hydrogens (tertiary/aromatic N) is 2. The molecule has 0 bridgehead atoms. The van der Waals surface area contributed by atoms with E-state index in [9.17, 15) is 24.0 Å². The van der Waals surface area contributed by atoms with Crippen molar-refractivity contribution in [3.8, 4) is 5.88 Å². The van der Waals surface area contributed by atoms with Crippen LogP contribution in [0.1, 0.15) is 32.6 Å². The van der Waals surface area contributed by atoms with Gasteiger partial charge in [-0.3, -0.25) is 19.0 Å². The molecule has 5 unspecified atom stereocenters. The molecule has 1 aliphatic heterocycles. The molecule has 14 heteroatoms. The zero-order valence-corrected chi connectivity index (χ0v) is 21.7. The van der Waals surface area contributed by atoms with Gasteiger partial charge in [0.25, 0.3) is 0 Å². The maximum absolute atomic E-state index is 12.9. The lowest BCUT2D eigenvalue weighted by molar-refractivity contribution is -0.237. The average Bonchev–Trinajstić information content (AvgIpc) is 2.89. The topological polar surface area (TPSA) is 171 Å². The number of methoxy groups -OCH3 is 1. The SMILES string of the molecule is COc1ccn(C2OC(COC(C)=O)C(OC(C)=O)C(OC(C)=O)C2NC(=O)OCc2ccccc2)c(=O)n1. The summed E-state index contributed by atoms with van der Waals surface area (Å²) in [5.74, 6) is -2.19. The quantitative estimate of drug-likeness (QED) is 0.348. The van der Waals surface area contributed by atoms with Gasteiger partial charge in [-0.05, 0) is 5.56 Å². The number of nitrogens with one attached hydrogen (secondary N) is 1. The van der Waals surface area contributed by atoms with E-state index >= 15 is 0 Å². The normalized spacial score (nSPS) is 22.2. The third kappa shape index (κ3) is 8.01. The molecule has 1 amide bonds. The second-order valence-corrected chi connectivity index (χ2v) is 8.41. The van der Waals surface area contributed by atoms with Gasteiger partial charge in [0, 0.05) is 33.0 Å². The second-order valence-electron chi connectivity index (χ2n) is 8.41. The molecule has 14 nitrogen and oxygen atoms in total. The average molecular weight is 548 g/mol. The molecular formula is C25H29N3O11. The van der Waals surface area contributed by atoms with Crippen LogP contribution in [0.4, 0.5) is 4.79 Å². The Kier molecular flexibility index (Phi) is 9.98. The molecule has 3 rings (SSSR count). The summed E-state index contributed by atoms with van der Waals surface area (Å²) < 4.78 is 33.3. The first kappa shape index (κ1) is 29.1. The van der Waals surface area contributed by atoms with Crippen molar-refractivity contribution in [1.29, 1.82) is 0 Å². The molecule has 210 valence electrons. The fraction of sp³-hybridized carbons (Fsp3) is 0.440. The van der Waals surface area contributed by atoms with Crippen molar-refractivity contribution >= 4 is 24.0 Å². The fourth-order valence-electron chi connectivity index (χ4n) is 3.92. The van der Waals surface area contributed by atoms with Crippen molar-refractivity contribution in [2.24, 2.45) is 0 Å². The number of esters is 3. The first-order chi connectivity index (χ1) is 18.6. The molecular weight excluding hydrogens is 518 g/mol. The first-order valence-electron chi connectivity index (χ1n) is 11.8. The molecule has 1 aromatic heterocycles. The predicted octanol–water partition coefficient (Wildman–Crippen LogP) is 0.871. The van der Waals surface area contributed by atoms with Crippen molar-refractivity contribution in [2.45, 2.75) is 58.0 Å². The molecule has 0 aliphatic carbocycles. The summed E-state index contributed by atoms with van der Waals surface area (Å²) in [6.07, 6.45) is -4.98. The minimum Gasteiger partial charge on any atom is -0.481 e. The Hall–Kier alpha value is -4.46. The molecule has 1 fully saturated rings. The Morgan fingerprint density at radius 2 is 1.62 bits per heavy atom. The van der Waals surface area contributed by atoms with Gasteiger partial charge >= 0.3 is 29.7 Å². The van der Waals surface area contributed by atoms with Crippen LogP contribution in [0, 0.1) is 0 Å². The van der Waals surface area contributed by atoms with E-state index in [-0.39, 0.29) is 12.5 Å². The minimum atomic E-state index is -1.40. The third-order valence-corrected chi connectivity index (χ3v) is 5.51. The van der Waals surface area contributed by atoms with E-state index in [1.165, 1.54) is 19.4 Å². The Balaban J connectivity index is 2.02. The highest BCUT2D eigenvalue weighted by Gasteiger charge is 2.52. The molecule has 0 spiro atoms. The Labute approximate surface area is 223 Å². The summed E-state index contributed by atoms with van der Waals surface area (Å²) in [5, 5.41) is 2.56. The van der Waals surface area contributed by atoms with E-state index in [1.54, 1.807) is 30.3 Å². The Bertz CT molecular complexity index is 1230. The highest BCUT2D eigenvalue weighted by molar-refractivity contribution is 5.69. The number of benzene rings is 1. The number of carbonyl (C=O) groups is 4. The van der Waals surface area contributed by atoms with E-state index < -0.39 is 66.9 Å². The van der Waals surface area contributed by atoms with Crippen LogP contribution in [0.2, 0.25) is 0 Å². The summed E-state index contributed by atoms with van der Waals surface area (Å²) in [4.78, 5) is 65.2. The maximum atomic E-state index is 12.9. The minimum absolute atomic E-state index is 0.0182. The highest BCUT2D eigenvalue weighted by atomic mass is 16.6. The van der Waals surface area contributed by atoms with Crippen LogP contribution in [0.3, 0.4) is 0 Å². The molecule has 0 radical (unpaired) electrons. The fourth-order valence-corrected chi connectivity index (χ4v) is 3.92. The van der Waals surface area contributed by atoms with Crippen LogP contribution >= 0.6 is 0 Å². The summed E-state index contributed by atoms with van der Waals surface area (Å²) >= 11 is 0. The largest absolute Gasteiger partial charge is 0.481 e. The summed E-state index contributed by atoms with van der Waals surface area (Å²) in [7, 11) is 1.33. The van der Waals surface area contributed by atoms with Crippen LogP contribution in [0.25, 0.3) is 0 Å². The number of carbonyl (C=O) groups excluding carboxylic acids is 4. The van der Waals surface area contributed by atoms with Crippen LogP contribution in [0.5, 0.6) is 5.88 Å². The van der Waals surface area contributed by atoms with Gasteiger partial charge in [-0.2, -0.15) is 4.98 Å². The number of aromatic nitrogens is 2. The van der Waals surface area contributed by atoms with Gasteiger partial charge in [-0.1, -0.05) is 30.3 Å². The standard InChI is InChI=1S/C25H29N3O11/c1-14(29)35-13-18-21(37-15(2)30)22(38-16(3)31)20(27-25(33)36-12-17-8-6-5-7-9-17)23(39-18)28-11-10-19(34-4)26-24(28)32/h5-11,18,20-23H,12-13H2,1-4H3,(H,27,33). The number of alkyl carbamates (subject to hydrolysis) is 1. The zero-order valence-electron chi connectivity index (χ0n) is 21.7. The van der Waals surface area contributed by atoms with Gasteiger partial charge in [0.2, 0.25) is 5.88 Å². The molecule has 1 aliphatic rings. The van der Waals surface area contributed by atoms with Crippen molar-refractivity contribution in [1.82, 2.24) is 14.9 Å². The van der Waals surface area contributed by atoms with Gasteiger partial charge in [0.05, 0.1) is 7.11 Å². The summed E-state index contributed by atoms with van der Waals surface area (Å²) in [6.45, 7) is 2.88. The van der Waals surface area contributed by atoms with Gasteiger partial charge in [0.15, 0.2) is 18.4 Å². The smallest absolute Gasteiger partial charge is 0.407 e. The molecule has 1 aromatic carbocycles. The molecule has 5 atom stereocenters. The predicted molar refractivity (Wildman–Crippen MR) is 130 cm³/mol. The Morgan fingerprint density at radius 1 is 0.949 bits per heavy atom. The third-order valence-electron chi connectivity index (χ3n) is 5.51. The van der Waals surface area contributed by atoms with Crippen molar-refractivity contribution in [2.75, 3.05) is 13.7 Å². The molecule has 0 saturated carbocycles. The van der Waals surface area contributed by atoms with Crippen LogP contribution in [0.15, 0.2) is 47.4 Å². The summed E-state index contributed by atoms with van der Waals surface area (Å²) in [6, 6.07) is 8.89. The molecule has 1 N–H and O–H groups in total. The van der Waals surface area contributed by atoms with Crippen LogP contribution in [-0.2, 0) is 44.7 Å². The lowest BCUT2D eigenvalue weighted by Crippen LogP contribution is -2.65. The molecule has 1 saturated heterocycles. The van der Waals surface area contributed by atoms with E-state index in [1.807, 2.05) is 0 Å². The van der Waals surface area contributed by atoms with Gasteiger partial charge in [-0.25, -0.2) is 9.59 Å². The molecule has 39 heavy (non-hydrogen) atoms. The number of hydrogen-bond donors (Lipinski definition) is 1. The van der Waals surface area contributed by atoms with E-state index in [0.29, 0.717) is 5.56 Å². The van der Waals surface area contributed by atoms with Crippen molar-refractivity contribution < 1.29 is 47.6 Å². The van der Waals surface area contributed by atoms with E-state index in [0.717, 1.165) is 25.3 Å². The van der Waals surface area contributed by atoms with E-state index in [2.05, 4.69) is 10.3 Å². The van der Waals surface area contributed by atoms with Gasteiger partial charge in [-0.15, -0.1) is 0 Å². The monoisotopic (exact) mass is 547 g/mol. The van der Waals surface area contributed by atoms with Gasteiger partial charge in [0.1, 0.15) is 25.4 Å². The van der Waals surface area contributed by atoms with Crippen molar-refractivity contribution in [3.05, 3.63) is 58.6 Å². The van der Waals surface area contributed by atoms with Crippen LogP contribution < -0.4 is 15.7 Å². The number of hydrogen-bond acceptors (Lipinski definition) is 12. The number of amides is 1. The lowest BCUT2D eigenvalue weighted by Gasteiger charge is -2.45. The zero-order chi connectivity index (χ0) is 28.5. The highest BCUT2D eigenvalue weighted by Crippen LogP contribution is 2.32.